The van der Waals surface area contributed by atoms with E-state index in [0.29, 0.717) is 6.04 Å². The first-order valence-electron chi connectivity index (χ1n) is 4.89. The predicted molar refractivity (Wildman–Crippen MR) is 59.9 cm³/mol. The summed E-state index contributed by atoms with van der Waals surface area (Å²) >= 11 is 0. The molecular weight excluding hydrogens is 174 g/mol. The molecule has 0 saturated carbocycles. The number of aryl methyl sites for hydroxylation is 1. The first-order valence-corrected chi connectivity index (χ1v) is 4.89. The molecule has 0 atom stereocenters. The number of ketones is 1. The van der Waals surface area contributed by atoms with Crippen LogP contribution in [0.15, 0.2) is 18.2 Å². The van der Waals surface area contributed by atoms with E-state index in [4.69, 9.17) is 0 Å². The topological polar surface area (TPSA) is 29.1 Å². The van der Waals surface area contributed by atoms with Gasteiger partial charge in [-0.1, -0.05) is 0 Å². The lowest BCUT2D eigenvalue weighted by Gasteiger charge is -2.11. The Balaban J connectivity index is 2.94. The van der Waals surface area contributed by atoms with Crippen LogP contribution in [0.2, 0.25) is 0 Å². The van der Waals surface area contributed by atoms with Gasteiger partial charge in [-0.3, -0.25) is 4.79 Å². The average Bonchev–Trinajstić information content (AvgIpc) is 2.01. The maximum Gasteiger partial charge on any atom is 0.160 e. The third-order valence-corrected chi connectivity index (χ3v) is 2.06. The molecule has 0 unspecified atom stereocenters. The normalized spacial score (nSPS) is 10.4. The highest BCUT2D eigenvalue weighted by molar-refractivity contribution is 5.95. The molecule has 76 valence electrons. The second kappa shape index (κ2) is 4.27. The zero-order valence-electron chi connectivity index (χ0n) is 9.22. The van der Waals surface area contributed by atoms with E-state index in [-0.39, 0.29) is 5.78 Å². The van der Waals surface area contributed by atoms with E-state index in [1.165, 1.54) is 0 Å². The summed E-state index contributed by atoms with van der Waals surface area (Å²) < 4.78 is 0. The second-order valence-electron chi connectivity index (χ2n) is 3.88. The summed E-state index contributed by atoms with van der Waals surface area (Å²) in [6, 6.07) is 6.25. The van der Waals surface area contributed by atoms with E-state index in [1.807, 2.05) is 25.1 Å². The van der Waals surface area contributed by atoms with Crippen molar-refractivity contribution in [3.8, 4) is 0 Å². The number of benzene rings is 1. The molecular formula is C12H17NO. The molecule has 0 heterocycles. The van der Waals surface area contributed by atoms with Gasteiger partial charge in [0.1, 0.15) is 0 Å². The van der Waals surface area contributed by atoms with Crippen LogP contribution in [0, 0.1) is 6.92 Å². The first-order chi connectivity index (χ1) is 6.50. The molecule has 1 aromatic rings. The molecule has 0 aliphatic rings. The Kier molecular flexibility index (Phi) is 3.28. The Morgan fingerprint density at radius 1 is 1.36 bits per heavy atom. The number of Topliss-reactive ketones (excluding diaryl/α,β-unsaturated/α-hetero) is 1. The highest BCUT2D eigenvalue weighted by atomic mass is 16.1. The fourth-order valence-corrected chi connectivity index (χ4v) is 1.48. The van der Waals surface area contributed by atoms with Crippen molar-refractivity contribution < 1.29 is 4.79 Å². The number of anilines is 1. The maximum absolute atomic E-state index is 11.2. The fourth-order valence-electron chi connectivity index (χ4n) is 1.48. The Hall–Kier alpha value is -1.31. The quantitative estimate of drug-likeness (QED) is 0.744. The van der Waals surface area contributed by atoms with Crippen LogP contribution in [-0.4, -0.2) is 11.8 Å². The third kappa shape index (κ3) is 2.59. The molecule has 0 bridgehead atoms. The summed E-state index contributed by atoms with van der Waals surface area (Å²) in [5, 5.41) is 3.30. The molecule has 1 rings (SSSR count). The summed E-state index contributed by atoms with van der Waals surface area (Å²) in [6.07, 6.45) is 0. The van der Waals surface area contributed by atoms with Crippen LogP contribution < -0.4 is 5.32 Å². The van der Waals surface area contributed by atoms with Crippen LogP contribution >= 0.6 is 0 Å². The number of carbonyl (C=O) groups is 1. The number of rotatable bonds is 3. The van der Waals surface area contributed by atoms with Crippen molar-refractivity contribution in [3.63, 3.8) is 0 Å². The van der Waals surface area contributed by atoms with Gasteiger partial charge in [-0.2, -0.15) is 0 Å². The van der Waals surface area contributed by atoms with E-state index >= 15 is 0 Å². The number of hydrogen-bond donors (Lipinski definition) is 1. The summed E-state index contributed by atoms with van der Waals surface area (Å²) in [5.74, 6) is 0.124. The van der Waals surface area contributed by atoms with Gasteiger partial charge in [0.2, 0.25) is 0 Å². The van der Waals surface area contributed by atoms with Crippen LogP contribution in [0.4, 0.5) is 5.69 Å². The Labute approximate surface area is 85.3 Å². The van der Waals surface area contributed by atoms with E-state index in [0.717, 1.165) is 16.8 Å². The Morgan fingerprint density at radius 2 is 2.00 bits per heavy atom. The van der Waals surface area contributed by atoms with Gasteiger partial charge in [0, 0.05) is 17.3 Å². The van der Waals surface area contributed by atoms with E-state index in [2.05, 4.69) is 19.2 Å². The smallest absolute Gasteiger partial charge is 0.160 e. The molecule has 0 saturated heterocycles. The molecule has 0 fully saturated rings. The van der Waals surface area contributed by atoms with Gasteiger partial charge in [0.05, 0.1) is 0 Å². The number of carbonyl (C=O) groups excluding carboxylic acids is 1. The van der Waals surface area contributed by atoms with Crippen molar-refractivity contribution in [2.24, 2.45) is 0 Å². The molecule has 0 radical (unpaired) electrons. The van der Waals surface area contributed by atoms with E-state index in [9.17, 15) is 4.79 Å². The van der Waals surface area contributed by atoms with Crippen LogP contribution in [0.1, 0.15) is 36.7 Å². The standard InChI is InChI=1S/C12H17NO/c1-8(2)13-11-5-6-12(10(4)14)9(3)7-11/h5-8,13H,1-4H3. The van der Waals surface area contributed by atoms with Gasteiger partial charge in [0.15, 0.2) is 5.78 Å². The zero-order valence-corrected chi connectivity index (χ0v) is 9.22. The summed E-state index contributed by atoms with van der Waals surface area (Å²) in [4.78, 5) is 11.2. The molecule has 0 amide bonds. The van der Waals surface area contributed by atoms with Crippen LogP contribution in [-0.2, 0) is 0 Å². The average molecular weight is 191 g/mol. The van der Waals surface area contributed by atoms with Crippen molar-refractivity contribution in [1.82, 2.24) is 0 Å². The largest absolute Gasteiger partial charge is 0.383 e. The number of hydrogen-bond acceptors (Lipinski definition) is 2. The molecule has 0 aliphatic heterocycles. The highest BCUT2D eigenvalue weighted by Crippen LogP contribution is 2.16. The first kappa shape index (κ1) is 10.8. The summed E-state index contributed by atoms with van der Waals surface area (Å²) in [5.41, 5.74) is 2.91. The fraction of sp³-hybridized carbons (Fsp3) is 0.417. The third-order valence-electron chi connectivity index (χ3n) is 2.06. The van der Waals surface area contributed by atoms with E-state index < -0.39 is 0 Å². The van der Waals surface area contributed by atoms with Gasteiger partial charge < -0.3 is 5.32 Å². The predicted octanol–water partition coefficient (Wildman–Crippen LogP) is 3.02. The van der Waals surface area contributed by atoms with Gasteiger partial charge in [-0.25, -0.2) is 0 Å². The monoisotopic (exact) mass is 191 g/mol. The lowest BCUT2D eigenvalue weighted by atomic mass is 10.0. The minimum absolute atomic E-state index is 0.124. The molecule has 2 heteroatoms. The lowest BCUT2D eigenvalue weighted by Crippen LogP contribution is -2.10. The minimum Gasteiger partial charge on any atom is -0.383 e. The lowest BCUT2D eigenvalue weighted by molar-refractivity contribution is 0.101. The van der Waals surface area contributed by atoms with Gasteiger partial charge in [0.25, 0.3) is 0 Å². The molecule has 0 aromatic heterocycles. The van der Waals surface area contributed by atoms with Crippen LogP contribution in [0.3, 0.4) is 0 Å². The van der Waals surface area contributed by atoms with E-state index in [1.54, 1.807) is 6.92 Å². The Morgan fingerprint density at radius 3 is 2.43 bits per heavy atom. The Bertz CT molecular complexity index is 342. The molecule has 0 aliphatic carbocycles. The summed E-state index contributed by atoms with van der Waals surface area (Å²) in [6.45, 7) is 7.74. The van der Waals surface area contributed by atoms with Crippen molar-refractivity contribution in [2.75, 3.05) is 5.32 Å². The molecule has 1 aromatic carbocycles. The van der Waals surface area contributed by atoms with Crippen LogP contribution in [0.25, 0.3) is 0 Å². The van der Waals surface area contributed by atoms with Crippen molar-refractivity contribution in [2.45, 2.75) is 33.7 Å². The second-order valence-corrected chi connectivity index (χ2v) is 3.88. The summed E-state index contributed by atoms with van der Waals surface area (Å²) in [7, 11) is 0. The number of nitrogens with one attached hydrogen (secondary N) is 1. The van der Waals surface area contributed by atoms with Crippen molar-refractivity contribution in [1.29, 1.82) is 0 Å². The van der Waals surface area contributed by atoms with Crippen molar-refractivity contribution in [3.05, 3.63) is 29.3 Å². The molecule has 14 heavy (non-hydrogen) atoms. The van der Waals surface area contributed by atoms with Gasteiger partial charge in [-0.05, 0) is 51.5 Å². The SMILES string of the molecule is CC(=O)c1ccc(NC(C)C)cc1C. The highest BCUT2D eigenvalue weighted by Gasteiger charge is 2.04. The van der Waals surface area contributed by atoms with Crippen LogP contribution in [0.5, 0.6) is 0 Å². The molecule has 2 nitrogen and oxygen atoms in total. The van der Waals surface area contributed by atoms with Gasteiger partial charge in [-0.15, -0.1) is 0 Å². The minimum atomic E-state index is 0.124. The van der Waals surface area contributed by atoms with Crippen molar-refractivity contribution >= 4 is 11.5 Å². The van der Waals surface area contributed by atoms with Gasteiger partial charge >= 0.3 is 0 Å². The molecule has 0 spiro atoms. The zero-order chi connectivity index (χ0) is 10.7. The molecule has 1 N–H and O–H groups in total. The maximum atomic E-state index is 11.2.